The van der Waals surface area contributed by atoms with Gasteiger partial charge in [0.05, 0.1) is 28.3 Å². The lowest BCUT2D eigenvalue weighted by atomic mass is 10.1. The SMILES string of the molecule is CN1CCN(C2(C(=O)Nc3cc(-n4cnc5cc(N6CC[C@@H](NC(=O)OC(C)(C)C)C6)ccc5c4=O)ccc3OC(F)(F)F)CC2)CC1. The highest BCUT2D eigenvalue weighted by atomic mass is 19.4. The number of aromatic nitrogens is 2. The second kappa shape index (κ2) is 12.6. The summed E-state index contributed by atoms with van der Waals surface area (Å²) in [6, 6.07) is 8.83. The quantitative estimate of drug-likeness (QED) is 0.383. The number of carbonyl (C=O) groups is 2. The Morgan fingerprint density at radius 3 is 2.35 bits per heavy atom. The average Bonchev–Trinajstić information content (AvgIpc) is 3.69. The first-order chi connectivity index (χ1) is 22.6. The molecule has 3 heterocycles. The zero-order valence-corrected chi connectivity index (χ0v) is 27.4. The number of piperazine rings is 1. The van der Waals surface area contributed by atoms with Crippen LogP contribution in [-0.4, -0.2) is 101 Å². The van der Waals surface area contributed by atoms with Crippen LogP contribution >= 0.6 is 0 Å². The smallest absolute Gasteiger partial charge is 0.444 e. The molecule has 0 bridgehead atoms. The number of hydrogen-bond donors (Lipinski definition) is 2. The Labute approximate surface area is 275 Å². The molecule has 1 aromatic heterocycles. The second-order valence-electron chi connectivity index (χ2n) is 13.7. The van der Waals surface area contributed by atoms with Crippen LogP contribution in [0.4, 0.5) is 29.3 Å². The summed E-state index contributed by atoms with van der Waals surface area (Å²) in [6.07, 6.45) is -2.23. The third-order valence-electron chi connectivity index (χ3n) is 8.99. The number of hydrogen-bond acceptors (Lipinski definition) is 9. The van der Waals surface area contributed by atoms with Gasteiger partial charge < -0.3 is 29.9 Å². The van der Waals surface area contributed by atoms with Crippen molar-refractivity contribution in [2.45, 2.75) is 63.6 Å². The number of fused-ring (bicyclic) bond motifs is 1. The molecule has 3 aliphatic rings. The summed E-state index contributed by atoms with van der Waals surface area (Å²) in [5, 5.41) is 5.88. The molecule has 15 heteroatoms. The van der Waals surface area contributed by atoms with Crippen molar-refractivity contribution in [1.29, 1.82) is 0 Å². The van der Waals surface area contributed by atoms with E-state index in [2.05, 4.69) is 35.1 Å². The van der Waals surface area contributed by atoms with Crippen LogP contribution in [0.25, 0.3) is 16.6 Å². The van der Waals surface area contributed by atoms with E-state index in [9.17, 15) is 27.6 Å². The number of halogens is 3. The van der Waals surface area contributed by atoms with Crippen molar-refractivity contribution in [3.63, 3.8) is 0 Å². The van der Waals surface area contributed by atoms with Gasteiger partial charge in [-0.05, 0) is 83.5 Å². The van der Waals surface area contributed by atoms with Gasteiger partial charge in [-0.15, -0.1) is 13.2 Å². The summed E-state index contributed by atoms with van der Waals surface area (Å²) in [5.41, 5.74) is -0.538. The monoisotopic (exact) mass is 671 g/mol. The molecule has 3 aromatic rings. The number of likely N-dealkylation sites (N-methyl/N-ethyl adjacent to an activating group) is 1. The summed E-state index contributed by atoms with van der Waals surface area (Å²) in [7, 11) is 2.00. The van der Waals surface area contributed by atoms with Gasteiger partial charge in [-0.1, -0.05) is 0 Å². The van der Waals surface area contributed by atoms with Crippen molar-refractivity contribution >= 4 is 34.3 Å². The molecule has 2 N–H and O–H groups in total. The number of alkyl halides is 3. The van der Waals surface area contributed by atoms with Crippen molar-refractivity contribution in [3.05, 3.63) is 53.1 Å². The zero-order valence-electron chi connectivity index (χ0n) is 27.4. The molecule has 12 nitrogen and oxygen atoms in total. The second-order valence-corrected chi connectivity index (χ2v) is 13.7. The zero-order chi connectivity index (χ0) is 34.4. The fourth-order valence-corrected chi connectivity index (χ4v) is 6.33. The third kappa shape index (κ3) is 7.36. The highest BCUT2D eigenvalue weighted by Crippen LogP contribution is 2.44. The van der Waals surface area contributed by atoms with Gasteiger partial charge >= 0.3 is 12.5 Å². The molecular formula is C33H40F3N7O5. The van der Waals surface area contributed by atoms with Crippen molar-refractivity contribution in [1.82, 2.24) is 24.7 Å². The Hall–Kier alpha value is -4.37. The lowest BCUT2D eigenvalue weighted by molar-refractivity contribution is -0.274. The maximum absolute atomic E-state index is 13.6. The number of nitrogens with one attached hydrogen (secondary N) is 2. The summed E-state index contributed by atoms with van der Waals surface area (Å²) >= 11 is 0. The molecular weight excluding hydrogens is 631 g/mol. The van der Waals surface area contributed by atoms with Crippen LogP contribution in [0.5, 0.6) is 5.75 Å². The van der Waals surface area contributed by atoms with E-state index in [0.717, 1.165) is 31.3 Å². The maximum atomic E-state index is 13.6. The Balaban J connectivity index is 1.22. The van der Waals surface area contributed by atoms with E-state index < -0.39 is 40.8 Å². The van der Waals surface area contributed by atoms with E-state index in [1.54, 1.807) is 39.0 Å². The largest absolute Gasteiger partial charge is 0.573 e. The minimum Gasteiger partial charge on any atom is -0.444 e. The summed E-state index contributed by atoms with van der Waals surface area (Å²) in [6.45, 7) is 9.57. The molecule has 258 valence electrons. The molecule has 48 heavy (non-hydrogen) atoms. The number of carbonyl (C=O) groups excluding carboxylic acids is 2. The van der Waals surface area contributed by atoms with E-state index in [4.69, 9.17) is 4.74 Å². The van der Waals surface area contributed by atoms with Crippen LogP contribution in [-0.2, 0) is 9.53 Å². The lowest BCUT2D eigenvalue weighted by Gasteiger charge is -2.37. The van der Waals surface area contributed by atoms with Crippen LogP contribution < -0.4 is 25.8 Å². The van der Waals surface area contributed by atoms with Crippen molar-refractivity contribution in [2.24, 2.45) is 0 Å². The van der Waals surface area contributed by atoms with Crippen LogP contribution in [0.15, 0.2) is 47.5 Å². The van der Waals surface area contributed by atoms with Crippen LogP contribution in [0.1, 0.15) is 40.0 Å². The molecule has 2 aliphatic heterocycles. The fourth-order valence-electron chi connectivity index (χ4n) is 6.33. The van der Waals surface area contributed by atoms with Gasteiger partial charge in [-0.25, -0.2) is 9.78 Å². The minimum absolute atomic E-state index is 0.105. The third-order valence-corrected chi connectivity index (χ3v) is 8.99. The highest BCUT2D eigenvalue weighted by molar-refractivity contribution is 6.01. The molecule has 0 radical (unpaired) electrons. The Bertz CT molecular complexity index is 1760. The molecule has 1 atom stereocenters. The molecule has 2 saturated heterocycles. The maximum Gasteiger partial charge on any atom is 0.573 e. The fraction of sp³-hybridized carbons (Fsp3) is 0.515. The number of anilines is 2. The van der Waals surface area contributed by atoms with Crippen LogP contribution in [0.2, 0.25) is 0 Å². The molecule has 6 rings (SSSR count). The van der Waals surface area contributed by atoms with Gasteiger partial charge in [-0.3, -0.25) is 19.1 Å². The number of ether oxygens (including phenoxy) is 2. The Morgan fingerprint density at radius 2 is 1.69 bits per heavy atom. The van der Waals surface area contributed by atoms with E-state index in [-0.39, 0.29) is 17.4 Å². The summed E-state index contributed by atoms with van der Waals surface area (Å²) in [5.74, 6) is -0.983. The van der Waals surface area contributed by atoms with Gasteiger partial charge in [-0.2, -0.15) is 0 Å². The van der Waals surface area contributed by atoms with Gasteiger partial charge in [0.1, 0.15) is 17.5 Å². The number of amides is 2. The molecule has 0 spiro atoms. The highest BCUT2D eigenvalue weighted by Gasteiger charge is 2.55. The molecule has 1 saturated carbocycles. The summed E-state index contributed by atoms with van der Waals surface area (Å²) in [4.78, 5) is 50.2. The van der Waals surface area contributed by atoms with Crippen LogP contribution in [0, 0.1) is 0 Å². The first kappa shape index (κ1) is 33.5. The number of alkyl carbamates (subject to hydrolysis) is 1. The first-order valence-electron chi connectivity index (χ1n) is 16.0. The van der Waals surface area contributed by atoms with Crippen LogP contribution in [0.3, 0.4) is 0 Å². The standard InChI is InChI=1S/C33H40F3N7O5/c1-31(2,3)48-30(46)38-21-9-12-41(19-21)22-5-7-24-25(17-22)37-20-43(28(24)44)23-6-8-27(47-33(34,35)36)26(18-23)39-29(45)32(10-11-32)42-15-13-40(4)14-16-42/h5-8,17-18,20-21H,9-16,19H2,1-4H3,(H,38,46)(H,39,45)/t21-/m1/s1. The number of nitrogens with zero attached hydrogens (tertiary/aromatic N) is 5. The van der Waals surface area contributed by atoms with E-state index in [1.807, 2.05) is 7.05 Å². The van der Waals surface area contributed by atoms with Gasteiger partial charge in [0, 0.05) is 45.0 Å². The lowest BCUT2D eigenvalue weighted by Crippen LogP contribution is -2.54. The van der Waals surface area contributed by atoms with E-state index in [1.165, 1.54) is 23.0 Å². The predicted octanol–water partition coefficient (Wildman–Crippen LogP) is 4.11. The molecule has 3 fully saturated rings. The van der Waals surface area contributed by atoms with E-state index >= 15 is 0 Å². The topological polar surface area (TPSA) is 121 Å². The molecule has 0 unspecified atom stereocenters. The van der Waals surface area contributed by atoms with Gasteiger partial charge in [0.25, 0.3) is 5.56 Å². The number of benzene rings is 2. The van der Waals surface area contributed by atoms with Crippen molar-refractivity contribution < 1.29 is 32.2 Å². The van der Waals surface area contributed by atoms with Crippen molar-refractivity contribution in [2.75, 3.05) is 56.5 Å². The van der Waals surface area contributed by atoms with E-state index in [0.29, 0.717) is 49.9 Å². The Morgan fingerprint density at radius 1 is 0.979 bits per heavy atom. The van der Waals surface area contributed by atoms with Crippen molar-refractivity contribution in [3.8, 4) is 11.4 Å². The normalized spacial score (nSPS) is 20.1. The average molecular weight is 672 g/mol. The first-order valence-corrected chi connectivity index (χ1v) is 16.0. The minimum atomic E-state index is -4.99. The van der Waals surface area contributed by atoms with Gasteiger partial charge in [0.15, 0.2) is 5.75 Å². The predicted molar refractivity (Wildman–Crippen MR) is 174 cm³/mol. The molecule has 2 amide bonds. The van der Waals surface area contributed by atoms with Gasteiger partial charge in [0.2, 0.25) is 5.91 Å². The molecule has 2 aromatic carbocycles. The molecule has 1 aliphatic carbocycles. The number of rotatable bonds is 7. The summed E-state index contributed by atoms with van der Waals surface area (Å²) < 4.78 is 50.8. The Kier molecular flexibility index (Phi) is 8.79.